The zero-order valence-electron chi connectivity index (χ0n) is 8.28. The molecule has 0 spiro atoms. The van der Waals surface area contributed by atoms with Crippen LogP contribution in [-0.2, 0) is 0 Å². The number of aliphatic hydroxyl groups excluding tert-OH is 1. The van der Waals surface area contributed by atoms with E-state index in [1.54, 1.807) is 11.3 Å². The van der Waals surface area contributed by atoms with Crippen LogP contribution in [0, 0.1) is 11.3 Å². The van der Waals surface area contributed by atoms with Crippen LogP contribution in [0.5, 0.6) is 0 Å². The summed E-state index contributed by atoms with van der Waals surface area (Å²) < 4.78 is 0. The quantitative estimate of drug-likeness (QED) is 0.826. The van der Waals surface area contributed by atoms with Gasteiger partial charge >= 0.3 is 0 Å². The van der Waals surface area contributed by atoms with Crippen LogP contribution in [0.4, 0.5) is 5.69 Å². The molecule has 3 heteroatoms. The summed E-state index contributed by atoms with van der Waals surface area (Å²) in [6.45, 7) is 2.59. The summed E-state index contributed by atoms with van der Waals surface area (Å²) in [7, 11) is 0. The molecule has 1 fully saturated rings. The summed E-state index contributed by atoms with van der Waals surface area (Å²) in [5.74, 6) is 0.731. The fourth-order valence-electron chi connectivity index (χ4n) is 2.04. The second-order valence-electron chi connectivity index (χ2n) is 3.85. The van der Waals surface area contributed by atoms with E-state index in [1.165, 1.54) is 18.5 Å². The van der Waals surface area contributed by atoms with E-state index in [-0.39, 0.29) is 0 Å². The third-order valence-corrected chi connectivity index (χ3v) is 3.55. The molecule has 0 aromatic carbocycles. The van der Waals surface area contributed by atoms with Gasteiger partial charge in [0.2, 0.25) is 0 Å². The van der Waals surface area contributed by atoms with Gasteiger partial charge in [-0.2, -0.15) is 0 Å². The van der Waals surface area contributed by atoms with Crippen LogP contribution >= 0.6 is 11.3 Å². The van der Waals surface area contributed by atoms with Crippen molar-refractivity contribution < 1.29 is 5.11 Å². The molecule has 1 radical (unpaired) electrons. The first-order chi connectivity index (χ1) is 6.90. The third-order valence-electron chi connectivity index (χ3n) is 2.95. The minimum absolute atomic E-state index is 0.343. The lowest BCUT2D eigenvalue weighted by molar-refractivity contribution is 0.240. The van der Waals surface area contributed by atoms with Gasteiger partial charge in [-0.25, -0.2) is 0 Å². The van der Waals surface area contributed by atoms with Crippen molar-refractivity contribution in [3.8, 4) is 0 Å². The summed E-state index contributed by atoms with van der Waals surface area (Å²) in [6, 6.07) is 2.14. The number of hydrogen-bond donors (Lipinski definition) is 1. The minimum Gasteiger partial charge on any atom is -0.396 e. The molecule has 1 aliphatic rings. The van der Waals surface area contributed by atoms with Gasteiger partial charge in [-0.05, 0) is 36.6 Å². The molecule has 14 heavy (non-hydrogen) atoms. The fraction of sp³-hybridized carbons (Fsp3) is 0.636. The molecule has 2 heterocycles. The maximum Gasteiger partial charge on any atom is 0.0697 e. The number of thiophene rings is 1. The molecule has 0 saturated carbocycles. The van der Waals surface area contributed by atoms with Crippen molar-refractivity contribution in [2.75, 3.05) is 24.6 Å². The first-order valence-corrected chi connectivity index (χ1v) is 6.09. The summed E-state index contributed by atoms with van der Waals surface area (Å²) in [4.78, 5) is 2.39. The summed E-state index contributed by atoms with van der Waals surface area (Å²) in [5, 5.41) is 14.2. The molecule has 2 nitrogen and oxygen atoms in total. The average molecular weight is 210 g/mol. The second-order valence-corrected chi connectivity index (χ2v) is 4.56. The first-order valence-electron chi connectivity index (χ1n) is 5.21. The maximum absolute atomic E-state index is 8.85. The zero-order chi connectivity index (χ0) is 9.80. The zero-order valence-corrected chi connectivity index (χ0v) is 9.09. The Labute approximate surface area is 89.2 Å². The molecule has 77 valence electrons. The molecule has 0 bridgehead atoms. The van der Waals surface area contributed by atoms with E-state index in [0.29, 0.717) is 6.61 Å². The Kier molecular flexibility index (Phi) is 3.43. The lowest BCUT2D eigenvalue weighted by atomic mass is 9.94. The van der Waals surface area contributed by atoms with Gasteiger partial charge in [0.1, 0.15) is 0 Å². The Morgan fingerprint density at radius 2 is 2.29 bits per heavy atom. The van der Waals surface area contributed by atoms with Crippen LogP contribution in [-0.4, -0.2) is 24.8 Å². The topological polar surface area (TPSA) is 23.5 Å². The first kappa shape index (κ1) is 9.99. The molecule has 1 aromatic heterocycles. The van der Waals surface area contributed by atoms with Crippen LogP contribution in [0.2, 0.25) is 0 Å². The molecule has 0 unspecified atom stereocenters. The Morgan fingerprint density at radius 3 is 2.86 bits per heavy atom. The van der Waals surface area contributed by atoms with E-state index in [1.807, 2.05) is 0 Å². The van der Waals surface area contributed by atoms with Gasteiger partial charge in [0.05, 0.1) is 11.1 Å². The lowest BCUT2D eigenvalue weighted by Crippen LogP contribution is -2.33. The smallest absolute Gasteiger partial charge is 0.0697 e. The van der Waals surface area contributed by atoms with Crippen LogP contribution < -0.4 is 4.90 Å². The number of piperidine rings is 1. The van der Waals surface area contributed by atoms with Gasteiger partial charge in [0.25, 0.3) is 0 Å². The molecular formula is C11H16NOS. The molecule has 1 saturated heterocycles. The number of rotatable bonds is 3. The molecule has 2 rings (SSSR count). The van der Waals surface area contributed by atoms with Crippen molar-refractivity contribution in [3.63, 3.8) is 0 Å². The Morgan fingerprint density at radius 1 is 1.50 bits per heavy atom. The Hall–Kier alpha value is -0.540. The fourth-order valence-corrected chi connectivity index (χ4v) is 2.62. The van der Waals surface area contributed by atoms with Crippen molar-refractivity contribution in [1.82, 2.24) is 0 Å². The maximum atomic E-state index is 8.85. The summed E-state index contributed by atoms with van der Waals surface area (Å²) in [5.41, 5.74) is 1.25. The number of anilines is 1. The molecular weight excluding hydrogens is 194 g/mol. The number of nitrogens with zero attached hydrogens (tertiary/aromatic N) is 1. The van der Waals surface area contributed by atoms with Crippen LogP contribution in [0.1, 0.15) is 19.3 Å². The Balaban J connectivity index is 1.84. The molecule has 1 aliphatic heterocycles. The predicted molar refractivity (Wildman–Crippen MR) is 59.8 cm³/mol. The van der Waals surface area contributed by atoms with Crippen LogP contribution in [0.15, 0.2) is 11.4 Å². The normalized spacial score (nSPS) is 18.8. The van der Waals surface area contributed by atoms with Gasteiger partial charge in [0.15, 0.2) is 0 Å². The molecule has 1 N–H and O–H groups in total. The highest BCUT2D eigenvalue weighted by Crippen LogP contribution is 2.25. The van der Waals surface area contributed by atoms with Gasteiger partial charge in [-0.1, -0.05) is 0 Å². The van der Waals surface area contributed by atoms with Gasteiger partial charge < -0.3 is 10.0 Å². The highest BCUT2D eigenvalue weighted by Gasteiger charge is 2.18. The van der Waals surface area contributed by atoms with E-state index < -0.39 is 0 Å². The molecule has 1 aromatic rings. The largest absolute Gasteiger partial charge is 0.396 e. The third kappa shape index (κ3) is 2.28. The average Bonchev–Trinajstić information content (AvgIpc) is 2.72. The molecule has 0 atom stereocenters. The number of aliphatic hydroxyl groups is 1. The van der Waals surface area contributed by atoms with Gasteiger partial charge in [-0.15, -0.1) is 11.3 Å². The van der Waals surface area contributed by atoms with Crippen molar-refractivity contribution in [2.24, 2.45) is 5.92 Å². The van der Waals surface area contributed by atoms with E-state index in [4.69, 9.17) is 5.11 Å². The lowest BCUT2D eigenvalue weighted by Gasteiger charge is -2.32. The van der Waals surface area contributed by atoms with Crippen molar-refractivity contribution in [2.45, 2.75) is 19.3 Å². The van der Waals surface area contributed by atoms with Crippen molar-refractivity contribution >= 4 is 17.0 Å². The van der Waals surface area contributed by atoms with E-state index in [2.05, 4.69) is 21.7 Å². The predicted octanol–water partition coefficient (Wildman–Crippen LogP) is 2.15. The van der Waals surface area contributed by atoms with E-state index in [9.17, 15) is 0 Å². The summed E-state index contributed by atoms with van der Waals surface area (Å²) in [6.07, 6.45) is 3.40. The van der Waals surface area contributed by atoms with Crippen LogP contribution in [0.25, 0.3) is 0 Å². The van der Waals surface area contributed by atoms with E-state index in [0.717, 1.165) is 25.4 Å². The second kappa shape index (κ2) is 4.80. The highest BCUT2D eigenvalue weighted by atomic mass is 32.1. The van der Waals surface area contributed by atoms with Gasteiger partial charge in [-0.3, -0.25) is 0 Å². The van der Waals surface area contributed by atoms with Crippen molar-refractivity contribution in [3.05, 3.63) is 16.8 Å². The molecule has 0 amide bonds. The van der Waals surface area contributed by atoms with E-state index >= 15 is 0 Å². The summed E-state index contributed by atoms with van der Waals surface area (Å²) >= 11 is 1.64. The van der Waals surface area contributed by atoms with Crippen molar-refractivity contribution in [1.29, 1.82) is 0 Å². The Bertz CT molecular complexity index is 252. The molecule has 0 aliphatic carbocycles. The SMILES string of the molecule is OCCC1CCN(c2[c]scc2)CC1. The monoisotopic (exact) mass is 210 g/mol. The number of hydrogen-bond acceptors (Lipinski definition) is 3. The van der Waals surface area contributed by atoms with Crippen LogP contribution in [0.3, 0.4) is 0 Å². The van der Waals surface area contributed by atoms with Gasteiger partial charge in [0, 0.05) is 19.7 Å². The highest BCUT2D eigenvalue weighted by molar-refractivity contribution is 7.07. The minimum atomic E-state index is 0.343. The standard InChI is InChI=1S/C11H16NOS/c13-7-3-10-1-5-12(6-2-10)11-4-8-14-9-11/h4,8,10,13H,1-3,5-7H2.